The molecule has 6 nitrogen and oxygen atoms in total. The number of benzene rings is 1. The lowest BCUT2D eigenvalue weighted by atomic mass is 10.1. The van der Waals surface area contributed by atoms with Gasteiger partial charge in [0.05, 0.1) is 18.2 Å². The van der Waals surface area contributed by atoms with Crippen LogP contribution >= 0.6 is 15.9 Å². The molecule has 0 heterocycles. The average Bonchev–Trinajstić information content (AvgIpc) is 2.64. The van der Waals surface area contributed by atoms with E-state index in [9.17, 15) is 10.1 Å². The van der Waals surface area contributed by atoms with Crippen LogP contribution in [0.4, 0.5) is 0 Å². The lowest BCUT2D eigenvalue weighted by Crippen LogP contribution is -2.26. The van der Waals surface area contributed by atoms with E-state index in [1.54, 1.807) is 19.2 Å². The van der Waals surface area contributed by atoms with Gasteiger partial charge in [-0.3, -0.25) is 4.79 Å². The van der Waals surface area contributed by atoms with Crippen molar-refractivity contribution in [1.29, 1.82) is 5.26 Å². The molecule has 0 spiro atoms. The van der Waals surface area contributed by atoms with Crippen molar-refractivity contribution in [2.75, 3.05) is 33.5 Å². The Morgan fingerprint density at radius 2 is 2.12 bits per heavy atom. The zero-order valence-electron chi connectivity index (χ0n) is 15.4. The van der Waals surface area contributed by atoms with E-state index in [1.807, 2.05) is 19.9 Å². The highest BCUT2D eigenvalue weighted by molar-refractivity contribution is 9.10. The summed E-state index contributed by atoms with van der Waals surface area (Å²) in [5, 5.41) is 12.0. The summed E-state index contributed by atoms with van der Waals surface area (Å²) in [4.78, 5) is 12.1. The highest BCUT2D eigenvalue weighted by atomic mass is 79.9. The smallest absolute Gasteiger partial charge is 0.261 e. The normalized spacial score (nSPS) is 11.0. The van der Waals surface area contributed by atoms with Gasteiger partial charge in [0.15, 0.2) is 11.5 Å². The molecule has 1 amide bonds. The van der Waals surface area contributed by atoms with Gasteiger partial charge in [0.2, 0.25) is 0 Å². The van der Waals surface area contributed by atoms with Crippen molar-refractivity contribution in [2.24, 2.45) is 0 Å². The topological polar surface area (TPSA) is 80.6 Å². The predicted octanol–water partition coefficient (Wildman–Crippen LogP) is 3.70. The standard InChI is InChI=1S/C19H25BrN2O4/c1-4-8-26-18-16(20)11-14(12-17(18)24-3)10-15(13-21)19(23)22-7-6-9-25-5-2/h10-12H,4-9H2,1-3H3,(H,22,23)/b15-10+. The van der Waals surface area contributed by atoms with E-state index in [-0.39, 0.29) is 5.57 Å². The number of nitriles is 1. The number of hydrogen-bond acceptors (Lipinski definition) is 5. The quantitative estimate of drug-likeness (QED) is 0.332. The number of nitrogens with zero attached hydrogens (tertiary/aromatic N) is 1. The lowest BCUT2D eigenvalue weighted by molar-refractivity contribution is -0.117. The molecule has 0 radical (unpaired) electrons. The Labute approximate surface area is 163 Å². The van der Waals surface area contributed by atoms with Gasteiger partial charge in [-0.15, -0.1) is 0 Å². The first-order valence-corrected chi connectivity index (χ1v) is 9.34. The molecule has 0 fully saturated rings. The third-order valence-corrected chi connectivity index (χ3v) is 3.92. The van der Waals surface area contributed by atoms with E-state index >= 15 is 0 Å². The molecule has 0 saturated carbocycles. The van der Waals surface area contributed by atoms with Crippen molar-refractivity contribution in [1.82, 2.24) is 5.32 Å². The molecule has 0 aliphatic carbocycles. The van der Waals surface area contributed by atoms with Gasteiger partial charge in [0.1, 0.15) is 11.6 Å². The molecule has 0 atom stereocenters. The summed E-state index contributed by atoms with van der Waals surface area (Å²) in [6.45, 7) is 6.17. The fraction of sp³-hybridized carbons (Fsp3) is 0.474. The van der Waals surface area contributed by atoms with Crippen LogP contribution in [-0.4, -0.2) is 39.4 Å². The van der Waals surface area contributed by atoms with Crippen LogP contribution in [0.1, 0.15) is 32.3 Å². The number of ether oxygens (including phenoxy) is 3. The summed E-state index contributed by atoms with van der Waals surface area (Å²) >= 11 is 3.45. The number of halogens is 1. The van der Waals surface area contributed by atoms with Gasteiger partial charge >= 0.3 is 0 Å². The van der Waals surface area contributed by atoms with Crippen molar-refractivity contribution in [3.8, 4) is 17.6 Å². The minimum atomic E-state index is -0.412. The zero-order valence-corrected chi connectivity index (χ0v) is 17.0. The second kappa shape index (κ2) is 12.3. The molecule has 0 aliphatic heterocycles. The number of amides is 1. The molecule has 0 aliphatic rings. The minimum Gasteiger partial charge on any atom is -0.493 e. The number of methoxy groups -OCH3 is 1. The first kappa shape index (κ1) is 22.0. The van der Waals surface area contributed by atoms with Crippen LogP contribution in [0.15, 0.2) is 22.2 Å². The molecule has 1 N–H and O–H groups in total. The van der Waals surface area contributed by atoms with Crippen molar-refractivity contribution in [2.45, 2.75) is 26.7 Å². The Bertz CT molecular complexity index is 668. The Balaban J connectivity index is 2.89. The van der Waals surface area contributed by atoms with Gasteiger partial charge in [0.25, 0.3) is 5.91 Å². The van der Waals surface area contributed by atoms with Crippen molar-refractivity contribution in [3.05, 3.63) is 27.7 Å². The van der Waals surface area contributed by atoms with Crippen molar-refractivity contribution < 1.29 is 19.0 Å². The molecule has 0 bridgehead atoms. The first-order valence-electron chi connectivity index (χ1n) is 8.55. The highest BCUT2D eigenvalue weighted by Crippen LogP contribution is 2.37. The maximum absolute atomic E-state index is 12.1. The second-order valence-electron chi connectivity index (χ2n) is 5.36. The van der Waals surface area contributed by atoms with Crippen LogP contribution in [0.5, 0.6) is 11.5 Å². The van der Waals surface area contributed by atoms with E-state index < -0.39 is 5.91 Å². The number of carbonyl (C=O) groups is 1. The Morgan fingerprint density at radius 1 is 1.35 bits per heavy atom. The second-order valence-corrected chi connectivity index (χ2v) is 6.21. The van der Waals surface area contributed by atoms with Crippen LogP contribution in [0, 0.1) is 11.3 Å². The van der Waals surface area contributed by atoms with Gasteiger partial charge in [-0.05, 0) is 59.5 Å². The molecule has 1 rings (SSSR count). The Hall–Kier alpha value is -2.04. The summed E-state index contributed by atoms with van der Waals surface area (Å²) in [7, 11) is 1.55. The van der Waals surface area contributed by atoms with Crippen molar-refractivity contribution in [3.63, 3.8) is 0 Å². The number of carbonyl (C=O) groups excluding carboxylic acids is 1. The molecule has 1 aromatic carbocycles. The molecule has 26 heavy (non-hydrogen) atoms. The molecule has 142 valence electrons. The number of hydrogen-bond donors (Lipinski definition) is 1. The van der Waals surface area contributed by atoms with Crippen LogP contribution in [0.3, 0.4) is 0 Å². The Kier molecular flexibility index (Phi) is 10.4. The monoisotopic (exact) mass is 424 g/mol. The first-order chi connectivity index (χ1) is 12.6. The van der Waals surface area contributed by atoms with Crippen LogP contribution in [0.25, 0.3) is 6.08 Å². The number of rotatable bonds is 11. The van der Waals surface area contributed by atoms with E-state index in [0.717, 1.165) is 6.42 Å². The average molecular weight is 425 g/mol. The van der Waals surface area contributed by atoms with Crippen LogP contribution in [0.2, 0.25) is 0 Å². The largest absolute Gasteiger partial charge is 0.493 e. The third kappa shape index (κ3) is 7.06. The highest BCUT2D eigenvalue weighted by Gasteiger charge is 2.13. The van der Waals surface area contributed by atoms with Gasteiger partial charge in [0, 0.05) is 19.8 Å². The summed E-state index contributed by atoms with van der Waals surface area (Å²) in [5.74, 6) is 0.726. The zero-order chi connectivity index (χ0) is 19.4. The van der Waals surface area contributed by atoms with Crippen LogP contribution in [-0.2, 0) is 9.53 Å². The fourth-order valence-electron chi connectivity index (χ4n) is 2.10. The van der Waals surface area contributed by atoms with Gasteiger partial charge in [-0.1, -0.05) is 6.92 Å². The van der Waals surface area contributed by atoms with Gasteiger partial charge in [-0.25, -0.2) is 0 Å². The molecule has 0 aromatic heterocycles. The Morgan fingerprint density at radius 3 is 2.73 bits per heavy atom. The van der Waals surface area contributed by atoms with Gasteiger partial charge < -0.3 is 19.5 Å². The van der Waals surface area contributed by atoms with E-state index in [4.69, 9.17) is 14.2 Å². The summed E-state index contributed by atoms with van der Waals surface area (Å²) in [6, 6.07) is 5.46. The minimum absolute atomic E-state index is 0.0255. The molecule has 0 unspecified atom stereocenters. The maximum atomic E-state index is 12.1. The summed E-state index contributed by atoms with van der Waals surface area (Å²) in [6.07, 6.45) is 3.09. The summed E-state index contributed by atoms with van der Waals surface area (Å²) < 4.78 is 17.0. The molecular formula is C19H25BrN2O4. The predicted molar refractivity (Wildman–Crippen MR) is 104 cm³/mol. The molecular weight excluding hydrogens is 400 g/mol. The summed E-state index contributed by atoms with van der Waals surface area (Å²) in [5.41, 5.74) is 0.691. The van der Waals surface area contributed by atoms with E-state index in [1.165, 1.54) is 6.08 Å². The number of nitrogens with one attached hydrogen (secondary N) is 1. The maximum Gasteiger partial charge on any atom is 0.261 e. The molecule has 0 saturated heterocycles. The van der Waals surface area contributed by atoms with Crippen LogP contribution < -0.4 is 14.8 Å². The fourth-order valence-corrected chi connectivity index (χ4v) is 2.67. The molecule has 7 heteroatoms. The SMILES string of the molecule is CCCOc1c(Br)cc(/C=C(\C#N)C(=O)NCCCOCC)cc1OC. The molecule has 1 aromatic rings. The van der Waals surface area contributed by atoms with E-state index in [2.05, 4.69) is 21.2 Å². The third-order valence-electron chi connectivity index (χ3n) is 3.33. The lowest BCUT2D eigenvalue weighted by Gasteiger charge is -2.13. The van der Waals surface area contributed by atoms with E-state index in [0.29, 0.717) is 54.3 Å². The van der Waals surface area contributed by atoms with Gasteiger partial charge in [-0.2, -0.15) is 5.26 Å². The van der Waals surface area contributed by atoms with Crippen molar-refractivity contribution >= 4 is 27.9 Å².